The molecule has 1 aromatic rings. The number of fused-ring (bicyclic) bond motifs is 1. The Labute approximate surface area is 129 Å². The summed E-state index contributed by atoms with van der Waals surface area (Å²) in [5.74, 6) is -0.138. The topological polar surface area (TPSA) is 32.3 Å². The first-order chi connectivity index (χ1) is 9.63. The Hall–Kier alpha value is -1.20. The van der Waals surface area contributed by atoms with E-state index in [1.807, 2.05) is 4.90 Å². The number of halogens is 3. The molecule has 1 amide bonds. The third-order valence-corrected chi connectivity index (χ3v) is 4.41. The van der Waals surface area contributed by atoms with Crippen molar-refractivity contribution in [2.45, 2.75) is 12.8 Å². The van der Waals surface area contributed by atoms with Gasteiger partial charge in [0.1, 0.15) is 11.6 Å². The highest BCUT2D eigenvalue weighted by Crippen LogP contribution is 2.27. The van der Waals surface area contributed by atoms with Gasteiger partial charge in [0, 0.05) is 19.2 Å². The van der Waals surface area contributed by atoms with Crippen LogP contribution in [0.4, 0.5) is 8.78 Å². The summed E-state index contributed by atoms with van der Waals surface area (Å²) < 4.78 is 26.4. The van der Waals surface area contributed by atoms with Crippen LogP contribution in [0.3, 0.4) is 0 Å². The number of nitrogens with one attached hydrogen (secondary N) is 1. The maximum absolute atomic E-state index is 13.6. The highest BCUT2D eigenvalue weighted by atomic mass is 35.5. The third kappa shape index (κ3) is 3.52. The van der Waals surface area contributed by atoms with Gasteiger partial charge >= 0.3 is 0 Å². The molecule has 0 saturated carbocycles. The predicted octanol–water partition coefficient (Wildman–Crippen LogP) is 2.00. The van der Waals surface area contributed by atoms with Crippen LogP contribution in [-0.2, 0) is 11.2 Å². The quantitative estimate of drug-likeness (QED) is 0.905. The standard InChI is InChI=1S/C15H18F2N2O.ClH/c16-13-2-1-10(14(17)6-13)5-15(20)19-4-3-11-7-18-8-12(11)9-19;/h1-2,6,11-12,18H,3-5,7-9H2;1H. The lowest BCUT2D eigenvalue weighted by Gasteiger charge is -2.34. The van der Waals surface area contributed by atoms with Gasteiger partial charge in [-0.05, 0) is 43.0 Å². The van der Waals surface area contributed by atoms with E-state index in [1.54, 1.807) is 0 Å². The fraction of sp³-hybridized carbons (Fsp3) is 0.533. The molecule has 0 spiro atoms. The number of carbonyl (C=O) groups excluding carboxylic acids is 1. The lowest BCUT2D eigenvalue weighted by Crippen LogP contribution is -2.44. The molecule has 0 radical (unpaired) electrons. The second-order valence-electron chi connectivity index (χ2n) is 5.72. The summed E-state index contributed by atoms with van der Waals surface area (Å²) in [5, 5.41) is 3.35. The van der Waals surface area contributed by atoms with Gasteiger partial charge in [-0.25, -0.2) is 8.78 Å². The summed E-state index contributed by atoms with van der Waals surface area (Å²) in [6.07, 6.45) is 1.02. The molecule has 2 fully saturated rings. The molecular formula is C15H19ClF2N2O. The summed E-state index contributed by atoms with van der Waals surface area (Å²) in [4.78, 5) is 14.1. The van der Waals surface area contributed by atoms with Crippen LogP contribution in [0.25, 0.3) is 0 Å². The first kappa shape index (κ1) is 16.2. The lowest BCUT2D eigenvalue weighted by molar-refractivity contribution is -0.132. The van der Waals surface area contributed by atoms with Crippen LogP contribution in [0.2, 0.25) is 0 Å². The monoisotopic (exact) mass is 316 g/mol. The van der Waals surface area contributed by atoms with Crippen molar-refractivity contribution in [2.24, 2.45) is 11.8 Å². The molecule has 3 nitrogen and oxygen atoms in total. The van der Waals surface area contributed by atoms with Gasteiger partial charge in [-0.2, -0.15) is 0 Å². The summed E-state index contributed by atoms with van der Waals surface area (Å²) in [6.45, 7) is 3.49. The Morgan fingerprint density at radius 3 is 2.81 bits per heavy atom. The van der Waals surface area contributed by atoms with Gasteiger partial charge in [-0.15, -0.1) is 12.4 Å². The molecule has 2 unspecified atom stereocenters. The van der Waals surface area contributed by atoms with E-state index >= 15 is 0 Å². The van der Waals surface area contributed by atoms with E-state index in [2.05, 4.69) is 5.32 Å². The Balaban J connectivity index is 0.00000161. The minimum absolute atomic E-state index is 0. The zero-order valence-electron chi connectivity index (χ0n) is 11.6. The summed E-state index contributed by atoms with van der Waals surface area (Å²) in [6, 6.07) is 3.38. The molecule has 1 N–H and O–H groups in total. The van der Waals surface area contributed by atoms with Crippen molar-refractivity contribution in [1.82, 2.24) is 10.2 Å². The second kappa shape index (κ2) is 6.71. The fourth-order valence-electron chi connectivity index (χ4n) is 3.20. The van der Waals surface area contributed by atoms with Crippen molar-refractivity contribution in [1.29, 1.82) is 0 Å². The van der Waals surface area contributed by atoms with E-state index in [0.29, 0.717) is 11.8 Å². The van der Waals surface area contributed by atoms with E-state index in [4.69, 9.17) is 0 Å². The molecule has 0 bridgehead atoms. The van der Waals surface area contributed by atoms with Crippen LogP contribution in [0.5, 0.6) is 0 Å². The van der Waals surface area contributed by atoms with Crippen LogP contribution in [0.1, 0.15) is 12.0 Å². The number of nitrogens with zero attached hydrogens (tertiary/aromatic N) is 1. The molecular weight excluding hydrogens is 298 g/mol. The van der Waals surface area contributed by atoms with Gasteiger partial charge in [0.25, 0.3) is 0 Å². The molecule has 21 heavy (non-hydrogen) atoms. The number of amides is 1. The van der Waals surface area contributed by atoms with Gasteiger partial charge in [-0.3, -0.25) is 4.79 Å². The number of rotatable bonds is 2. The van der Waals surface area contributed by atoms with E-state index in [1.165, 1.54) is 12.1 Å². The van der Waals surface area contributed by atoms with Crippen LogP contribution in [0.15, 0.2) is 18.2 Å². The Kier molecular flexibility index (Phi) is 5.17. The summed E-state index contributed by atoms with van der Waals surface area (Å²) in [7, 11) is 0. The molecule has 116 valence electrons. The molecule has 2 aliphatic heterocycles. The molecule has 1 aromatic carbocycles. The number of benzene rings is 1. The second-order valence-corrected chi connectivity index (χ2v) is 5.72. The number of hydrogen-bond donors (Lipinski definition) is 1. The zero-order valence-corrected chi connectivity index (χ0v) is 12.5. The highest BCUT2D eigenvalue weighted by molar-refractivity contribution is 5.85. The zero-order chi connectivity index (χ0) is 14.1. The van der Waals surface area contributed by atoms with Gasteiger partial charge in [0.05, 0.1) is 6.42 Å². The van der Waals surface area contributed by atoms with Crippen molar-refractivity contribution in [3.63, 3.8) is 0 Å². The molecule has 6 heteroatoms. The highest BCUT2D eigenvalue weighted by Gasteiger charge is 2.34. The fourth-order valence-corrected chi connectivity index (χ4v) is 3.20. The molecule has 2 heterocycles. The van der Waals surface area contributed by atoms with Crippen molar-refractivity contribution >= 4 is 18.3 Å². The molecule has 0 aliphatic carbocycles. The van der Waals surface area contributed by atoms with Crippen LogP contribution >= 0.6 is 12.4 Å². The average Bonchev–Trinajstić information content (AvgIpc) is 2.89. The van der Waals surface area contributed by atoms with Crippen molar-refractivity contribution in [3.05, 3.63) is 35.4 Å². The van der Waals surface area contributed by atoms with E-state index in [9.17, 15) is 13.6 Å². The normalized spacial score (nSPS) is 24.4. The van der Waals surface area contributed by atoms with Crippen LogP contribution < -0.4 is 5.32 Å². The van der Waals surface area contributed by atoms with Crippen molar-refractivity contribution in [2.75, 3.05) is 26.2 Å². The van der Waals surface area contributed by atoms with Crippen LogP contribution in [0, 0.1) is 23.5 Å². The maximum atomic E-state index is 13.6. The number of piperidine rings is 1. The van der Waals surface area contributed by atoms with E-state index in [-0.39, 0.29) is 30.3 Å². The van der Waals surface area contributed by atoms with Gasteiger partial charge in [0.15, 0.2) is 0 Å². The molecule has 2 saturated heterocycles. The first-order valence-corrected chi connectivity index (χ1v) is 7.06. The number of hydrogen-bond acceptors (Lipinski definition) is 2. The van der Waals surface area contributed by atoms with Crippen molar-refractivity contribution < 1.29 is 13.6 Å². The van der Waals surface area contributed by atoms with Gasteiger partial charge in [0.2, 0.25) is 5.91 Å². The summed E-state index contributed by atoms with van der Waals surface area (Å²) in [5.41, 5.74) is 0.267. The minimum Gasteiger partial charge on any atom is -0.342 e. The predicted molar refractivity (Wildman–Crippen MR) is 78.4 cm³/mol. The lowest BCUT2D eigenvalue weighted by atomic mass is 9.88. The van der Waals surface area contributed by atoms with Crippen LogP contribution in [-0.4, -0.2) is 37.0 Å². The first-order valence-electron chi connectivity index (χ1n) is 7.06. The smallest absolute Gasteiger partial charge is 0.227 e. The molecule has 0 aromatic heterocycles. The average molecular weight is 317 g/mol. The van der Waals surface area contributed by atoms with E-state index in [0.717, 1.165) is 38.7 Å². The van der Waals surface area contributed by atoms with Gasteiger partial charge < -0.3 is 10.2 Å². The molecule has 2 aliphatic rings. The van der Waals surface area contributed by atoms with E-state index < -0.39 is 11.6 Å². The molecule has 3 rings (SSSR count). The third-order valence-electron chi connectivity index (χ3n) is 4.41. The molecule has 2 atom stereocenters. The Morgan fingerprint density at radius 1 is 1.29 bits per heavy atom. The van der Waals surface area contributed by atoms with Crippen molar-refractivity contribution in [3.8, 4) is 0 Å². The number of likely N-dealkylation sites (tertiary alicyclic amines) is 1. The Morgan fingerprint density at radius 2 is 2.05 bits per heavy atom. The largest absolute Gasteiger partial charge is 0.342 e. The summed E-state index contributed by atoms with van der Waals surface area (Å²) >= 11 is 0. The minimum atomic E-state index is -0.643. The Bertz CT molecular complexity index is 526. The SMILES string of the molecule is Cl.O=C(Cc1ccc(F)cc1F)N1CCC2CNCC2C1. The number of carbonyl (C=O) groups is 1. The van der Waals surface area contributed by atoms with Gasteiger partial charge in [-0.1, -0.05) is 6.07 Å². The maximum Gasteiger partial charge on any atom is 0.227 e.